The molecule has 0 radical (unpaired) electrons. The van der Waals surface area contributed by atoms with Gasteiger partial charge in [0.05, 0.1) is 5.69 Å². The zero-order valence-corrected chi connectivity index (χ0v) is 18.6. The molecule has 0 aliphatic carbocycles. The number of carbonyl (C=O) groups excluding carboxylic acids is 4. The molecule has 9 heteroatoms. The van der Waals surface area contributed by atoms with Crippen LogP contribution in [0.2, 0.25) is 0 Å². The molecule has 0 bridgehead atoms. The Morgan fingerprint density at radius 1 is 1.00 bits per heavy atom. The number of barbiturate groups is 1. The Morgan fingerprint density at radius 3 is 2.43 bits per heavy atom. The lowest BCUT2D eigenvalue weighted by molar-refractivity contribution is -0.122. The molecule has 3 N–H and O–H groups in total. The fourth-order valence-electron chi connectivity index (χ4n) is 3.42. The molecule has 35 heavy (non-hydrogen) atoms. The highest BCUT2D eigenvalue weighted by Crippen LogP contribution is 2.26. The molecule has 9 nitrogen and oxygen atoms in total. The fraction of sp³-hybridized carbons (Fsp3) is 0.0769. The van der Waals surface area contributed by atoms with Crippen LogP contribution in [-0.2, 0) is 14.4 Å². The topological polar surface area (TPSA) is 125 Å². The second kappa shape index (κ2) is 9.92. The highest BCUT2D eigenvalue weighted by Gasteiger charge is 2.37. The molecule has 1 saturated heterocycles. The summed E-state index contributed by atoms with van der Waals surface area (Å²) in [5.74, 6) is -1.84. The van der Waals surface area contributed by atoms with E-state index in [-0.39, 0.29) is 35.3 Å². The van der Waals surface area contributed by atoms with E-state index in [0.29, 0.717) is 11.3 Å². The van der Waals surface area contributed by atoms with Crippen molar-refractivity contribution in [3.8, 4) is 11.5 Å². The number of nitrogens with one attached hydrogen (secondary N) is 2. The van der Waals surface area contributed by atoms with Crippen LogP contribution in [0.1, 0.15) is 11.1 Å². The third-order valence-electron chi connectivity index (χ3n) is 5.21. The average Bonchev–Trinajstić information content (AvgIpc) is 2.83. The zero-order valence-electron chi connectivity index (χ0n) is 18.6. The van der Waals surface area contributed by atoms with Gasteiger partial charge in [-0.3, -0.25) is 19.7 Å². The van der Waals surface area contributed by atoms with E-state index in [1.807, 2.05) is 25.1 Å². The number of para-hydroxylation sites is 2. The number of phenols is 1. The molecule has 1 heterocycles. The first-order valence-electron chi connectivity index (χ1n) is 10.6. The van der Waals surface area contributed by atoms with Crippen LogP contribution in [0.25, 0.3) is 6.08 Å². The van der Waals surface area contributed by atoms with Gasteiger partial charge in [-0.1, -0.05) is 36.4 Å². The quantitative estimate of drug-likeness (QED) is 0.374. The molecule has 3 aromatic carbocycles. The molecule has 0 aromatic heterocycles. The minimum atomic E-state index is -0.903. The predicted octanol–water partition coefficient (Wildman–Crippen LogP) is 3.38. The Bertz CT molecular complexity index is 1350. The van der Waals surface area contributed by atoms with E-state index in [1.165, 1.54) is 30.3 Å². The van der Waals surface area contributed by atoms with Gasteiger partial charge in [-0.2, -0.15) is 0 Å². The van der Waals surface area contributed by atoms with E-state index in [9.17, 15) is 24.3 Å². The highest BCUT2D eigenvalue weighted by atomic mass is 16.5. The van der Waals surface area contributed by atoms with Crippen LogP contribution < -0.4 is 20.3 Å². The monoisotopic (exact) mass is 471 g/mol. The molecule has 0 atom stereocenters. The van der Waals surface area contributed by atoms with Gasteiger partial charge in [-0.25, -0.2) is 9.69 Å². The van der Waals surface area contributed by atoms with E-state index in [2.05, 4.69) is 10.6 Å². The van der Waals surface area contributed by atoms with Crippen LogP contribution >= 0.6 is 0 Å². The average molecular weight is 471 g/mol. The molecular weight excluding hydrogens is 450 g/mol. The maximum Gasteiger partial charge on any atom is 0.335 e. The van der Waals surface area contributed by atoms with Crippen molar-refractivity contribution in [1.82, 2.24) is 5.32 Å². The summed E-state index contributed by atoms with van der Waals surface area (Å²) in [5, 5.41) is 14.4. The number of ether oxygens (including phenoxy) is 1. The summed E-state index contributed by atoms with van der Waals surface area (Å²) in [4.78, 5) is 51.0. The van der Waals surface area contributed by atoms with E-state index >= 15 is 0 Å². The number of aromatic hydroxyl groups is 1. The van der Waals surface area contributed by atoms with Crippen molar-refractivity contribution in [1.29, 1.82) is 0 Å². The molecule has 4 rings (SSSR count). The van der Waals surface area contributed by atoms with Gasteiger partial charge in [0.25, 0.3) is 17.7 Å². The van der Waals surface area contributed by atoms with Crippen LogP contribution in [-0.4, -0.2) is 35.5 Å². The third-order valence-corrected chi connectivity index (χ3v) is 5.21. The largest absolute Gasteiger partial charge is 0.508 e. The first kappa shape index (κ1) is 23.2. The number of nitrogens with zero attached hydrogens (tertiary/aromatic N) is 1. The lowest BCUT2D eigenvalue weighted by Crippen LogP contribution is -2.54. The maximum absolute atomic E-state index is 13.1. The Morgan fingerprint density at radius 2 is 1.69 bits per heavy atom. The number of phenolic OH excluding ortho intramolecular Hbond substituents is 1. The van der Waals surface area contributed by atoms with Crippen molar-refractivity contribution >= 4 is 41.2 Å². The molecule has 1 fully saturated rings. The first-order chi connectivity index (χ1) is 16.8. The Labute approximate surface area is 200 Å². The summed E-state index contributed by atoms with van der Waals surface area (Å²) in [6.45, 7) is 1.57. The SMILES string of the molecule is Cc1ccccc1NC(=O)COc1ccccc1/C=C1/C(=O)NC(=O)N(c2ccc(O)cc2)C1=O. The van der Waals surface area contributed by atoms with E-state index in [4.69, 9.17) is 4.74 Å². The molecule has 0 spiro atoms. The first-order valence-corrected chi connectivity index (χ1v) is 10.6. The summed E-state index contributed by atoms with van der Waals surface area (Å²) < 4.78 is 5.66. The molecule has 3 aromatic rings. The number of benzene rings is 3. The fourth-order valence-corrected chi connectivity index (χ4v) is 3.42. The van der Waals surface area contributed by atoms with Crippen LogP contribution in [0.3, 0.4) is 0 Å². The predicted molar refractivity (Wildman–Crippen MR) is 129 cm³/mol. The van der Waals surface area contributed by atoms with Crippen LogP contribution in [0.5, 0.6) is 11.5 Å². The van der Waals surface area contributed by atoms with Crippen molar-refractivity contribution in [2.45, 2.75) is 6.92 Å². The normalized spacial score (nSPS) is 14.6. The van der Waals surface area contributed by atoms with Gasteiger partial charge in [-0.15, -0.1) is 0 Å². The minimum Gasteiger partial charge on any atom is -0.508 e. The van der Waals surface area contributed by atoms with Crippen LogP contribution in [0, 0.1) is 6.92 Å². The van der Waals surface area contributed by atoms with E-state index in [1.54, 1.807) is 30.3 Å². The van der Waals surface area contributed by atoms with E-state index in [0.717, 1.165) is 10.5 Å². The number of urea groups is 1. The van der Waals surface area contributed by atoms with Crippen molar-refractivity contribution in [2.24, 2.45) is 0 Å². The van der Waals surface area contributed by atoms with Gasteiger partial charge >= 0.3 is 6.03 Å². The number of hydrogen-bond donors (Lipinski definition) is 3. The van der Waals surface area contributed by atoms with Crippen molar-refractivity contribution < 1.29 is 29.0 Å². The number of rotatable bonds is 6. The van der Waals surface area contributed by atoms with Gasteiger partial charge in [0.1, 0.15) is 17.1 Å². The summed E-state index contributed by atoms with van der Waals surface area (Å²) in [6, 6.07) is 18.4. The second-order valence-corrected chi connectivity index (χ2v) is 7.66. The van der Waals surface area contributed by atoms with Gasteiger partial charge in [0.2, 0.25) is 0 Å². The Hall–Kier alpha value is -4.92. The van der Waals surface area contributed by atoms with Crippen molar-refractivity contribution in [2.75, 3.05) is 16.8 Å². The zero-order chi connectivity index (χ0) is 24.9. The molecule has 0 unspecified atom stereocenters. The smallest absolute Gasteiger partial charge is 0.335 e. The lowest BCUT2D eigenvalue weighted by atomic mass is 10.1. The number of hydrogen-bond acceptors (Lipinski definition) is 6. The van der Waals surface area contributed by atoms with Crippen LogP contribution in [0.15, 0.2) is 78.4 Å². The number of imide groups is 2. The minimum absolute atomic E-state index is 0.0389. The summed E-state index contributed by atoms with van der Waals surface area (Å²) in [5.41, 5.74) is 1.83. The number of aryl methyl sites for hydroxylation is 1. The second-order valence-electron chi connectivity index (χ2n) is 7.66. The van der Waals surface area contributed by atoms with Gasteiger partial charge in [0, 0.05) is 11.3 Å². The summed E-state index contributed by atoms with van der Waals surface area (Å²) in [7, 11) is 0. The third kappa shape index (κ3) is 5.19. The summed E-state index contributed by atoms with van der Waals surface area (Å²) >= 11 is 0. The van der Waals surface area contributed by atoms with Crippen LogP contribution in [0.4, 0.5) is 16.2 Å². The molecule has 5 amide bonds. The standard InChI is InChI=1S/C26H21N3O6/c1-16-6-2-4-8-21(16)27-23(31)15-35-22-9-5-3-7-17(22)14-20-24(32)28-26(34)29(25(20)33)18-10-12-19(30)13-11-18/h2-14,30H,15H2,1H3,(H,27,31)(H,28,32,34)/b20-14-. The van der Waals surface area contributed by atoms with Crippen molar-refractivity contribution in [3.05, 3.63) is 89.5 Å². The molecule has 1 aliphatic heterocycles. The number of anilines is 2. The van der Waals surface area contributed by atoms with Crippen molar-refractivity contribution in [3.63, 3.8) is 0 Å². The van der Waals surface area contributed by atoms with Gasteiger partial charge < -0.3 is 15.2 Å². The maximum atomic E-state index is 13.1. The molecule has 1 aliphatic rings. The summed E-state index contributed by atoms with van der Waals surface area (Å²) in [6.07, 6.45) is 1.30. The Balaban J connectivity index is 1.55. The lowest BCUT2D eigenvalue weighted by Gasteiger charge is -2.26. The molecule has 0 saturated carbocycles. The number of amides is 5. The van der Waals surface area contributed by atoms with Gasteiger partial charge in [0.15, 0.2) is 6.61 Å². The van der Waals surface area contributed by atoms with Gasteiger partial charge in [-0.05, 0) is 55.0 Å². The molecular formula is C26H21N3O6. The Kier molecular flexibility index (Phi) is 6.59. The molecule has 176 valence electrons. The number of carbonyl (C=O) groups is 4. The highest BCUT2D eigenvalue weighted by molar-refractivity contribution is 6.39. The van der Waals surface area contributed by atoms with E-state index < -0.39 is 17.8 Å².